The third-order valence-electron chi connectivity index (χ3n) is 6.85. The second-order valence-corrected chi connectivity index (χ2v) is 9.90. The fourth-order valence-corrected chi connectivity index (χ4v) is 4.26. The zero-order valence-corrected chi connectivity index (χ0v) is 23.0. The van der Waals surface area contributed by atoms with Crippen molar-refractivity contribution in [3.8, 4) is 0 Å². The molecular formula is C29H36F2N4O3. The maximum Gasteiger partial charge on any atom is 0.272 e. The van der Waals surface area contributed by atoms with Crippen LogP contribution in [0.15, 0.2) is 47.2 Å². The van der Waals surface area contributed by atoms with Crippen LogP contribution in [0.5, 0.6) is 0 Å². The van der Waals surface area contributed by atoms with E-state index in [1.807, 2.05) is 52.8 Å². The van der Waals surface area contributed by atoms with E-state index >= 15 is 0 Å². The molecule has 1 aliphatic rings. The summed E-state index contributed by atoms with van der Waals surface area (Å²) in [7, 11) is 3.26. The number of fused-ring (bicyclic) bond motifs is 1. The maximum atomic E-state index is 13.3. The molecule has 2 amide bonds. The second kappa shape index (κ2) is 11.5. The topological polar surface area (TPSA) is 95.4 Å². The number of hydrogen-bond donors (Lipinski definition) is 2. The van der Waals surface area contributed by atoms with E-state index in [1.165, 1.54) is 17.2 Å². The predicted octanol–water partition coefficient (Wildman–Crippen LogP) is 5.77. The highest BCUT2D eigenvalue weighted by atomic mass is 19.3. The van der Waals surface area contributed by atoms with Crippen LogP contribution in [0.3, 0.4) is 0 Å². The number of nitrogens with zero attached hydrogens (tertiary/aromatic N) is 3. The van der Waals surface area contributed by atoms with Gasteiger partial charge in [-0.3, -0.25) is 9.59 Å². The molecule has 0 bridgehead atoms. The van der Waals surface area contributed by atoms with Crippen LogP contribution in [0.25, 0.3) is 16.5 Å². The van der Waals surface area contributed by atoms with E-state index in [-0.39, 0.29) is 17.4 Å². The fourth-order valence-electron chi connectivity index (χ4n) is 4.26. The highest BCUT2D eigenvalue weighted by Gasteiger charge is 2.61. The Bertz CT molecular complexity index is 1340. The highest BCUT2D eigenvalue weighted by Crippen LogP contribution is 2.49. The van der Waals surface area contributed by atoms with Gasteiger partial charge in [-0.05, 0) is 56.4 Å². The molecule has 9 heteroatoms. The number of carbonyl (C=O) groups excluding carboxylic acids is 2. The normalized spacial score (nSPS) is 18.6. The molecule has 2 heterocycles. The number of carbonyl (C=O) groups is 2. The number of pyridine rings is 2. The minimum absolute atomic E-state index is 0.0920. The average molecular weight is 527 g/mol. The van der Waals surface area contributed by atoms with Crippen LogP contribution in [-0.2, 0) is 4.79 Å². The second-order valence-electron chi connectivity index (χ2n) is 9.90. The number of aromatic nitrogens is 2. The molecule has 2 atom stereocenters. The summed E-state index contributed by atoms with van der Waals surface area (Å²) in [5.74, 6) is -5.35. The molecule has 0 spiro atoms. The fraction of sp³-hybridized carbons (Fsp3) is 0.448. The van der Waals surface area contributed by atoms with E-state index in [0.29, 0.717) is 22.9 Å². The summed E-state index contributed by atoms with van der Waals surface area (Å²) in [5.41, 5.74) is 4.77. The van der Waals surface area contributed by atoms with Gasteiger partial charge in [-0.1, -0.05) is 31.6 Å². The van der Waals surface area contributed by atoms with Gasteiger partial charge in [0.2, 0.25) is 5.91 Å². The molecule has 1 fully saturated rings. The van der Waals surface area contributed by atoms with Crippen LogP contribution in [0.2, 0.25) is 0 Å². The molecule has 1 saturated carbocycles. The summed E-state index contributed by atoms with van der Waals surface area (Å²) in [4.78, 5) is 35.6. The number of aliphatic hydroxyl groups is 1. The summed E-state index contributed by atoms with van der Waals surface area (Å²) >= 11 is 0. The number of alkyl halides is 2. The van der Waals surface area contributed by atoms with Gasteiger partial charge in [-0.2, -0.15) is 0 Å². The van der Waals surface area contributed by atoms with E-state index in [4.69, 9.17) is 0 Å². The Hall–Kier alpha value is -3.46. The first-order valence-electron chi connectivity index (χ1n) is 12.8. The molecule has 0 radical (unpaired) electrons. The molecule has 2 unspecified atom stereocenters. The quantitative estimate of drug-likeness (QED) is 0.405. The van der Waals surface area contributed by atoms with Crippen LogP contribution in [0.1, 0.15) is 69.9 Å². The Morgan fingerprint density at radius 1 is 1.26 bits per heavy atom. The van der Waals surface area contributed by atoms with Crippen molar-refractivity contribution in [1.82, 2.24) is 14.9 Å². The van der Waals surface area contributed by atoms with Crippen molar-refractivity contribution < 1.29 is 23.5 Å². The number of hydrogen-bond acceptors (Lipinski definition) is 5. The molecule has 2 aromatic rings. The molecule has 1 aliphatic carbocycles. The van der Waals surface area contributed by atoms with Gasteiger partial charge in [0.1, 0.15) is 17.4 Å². The predicted molar refractivity (Wildman–Crippen MR) is 146 cm³/mol. The van der Waals surface area contributed by atoms with Crippen molar-refractivity contribution in [3.05, 3.63) is 58.5 Å². The molecule has 204 valence electrons. The molecule has 38 heavy (non-hydrogen) atoms. The largest absolute Gasteiger partial charge is 0.388 e. The number of allylic oxidation sites excluding steroid dienone is 4. The standard InChI is InChI=1S/C29H36F2N4O3/c1-8-16(4)20(24(36)10-3)11-17(5)19(9-2)21-12-18-15-32-25(34-27(37)22-14-29(22,30)31)13-23(18)33-26(21)28(38)35(6)7/h9,11-13,15,22,24,36H,8,10,14H2,1-7H3,(H,32,34,37)/b17-11-,19-9+,20-16-. The Morgan fingerprint density at radius 3 is 2.45 bits per heavy atom. The minimum atomic E-state index is -2.98. The van der Waals surface area contributed by atoms with E-state index in [2.05, 4.69) is 15.3 Å². The van der Waals surface area contributed by atoms with E-state index in [9.17, 15) is 23.5 Å². The van der Waals surface area contributed by atoms with Gasteiger partial charge in [0.25, 0.3) is 11.8 Å². The first kappa shape index (κ1) is 29.1. The van der Waals surface area contributed by atoms with Gasteiger partial charge in [0.15, 0.2) is 0 Å². The smallest absolute Gasteiger partial charge is 0.272 e. The lowest BCUT2D eigenvalue weighted by atomic mass is 9.91. The lowest BCUT2D eigenvalue weighted by Gasteiger charge is -2.19. The lowest BCUT2D eigenvalue weighted by Crippen LogP contribution is -2.24. The average Bonchev–Trinajstić information content (AvgIpc) is 3.53. The molecule has 3 rings (SSSR count). The van der Waals surface area contributed by atoms with Crippen molar-refractivity contribution in [2.24, 2.45) is 5.92 Å². The Balaban J connectivity index is 2.11. The first-order valence-corrected chi connectivity index (χ1v) is 12.8. The summed E-state index contributed by atoms with van der Waals surface area (Å²) in [5, 5.41) is 13.7. The third kappa shape index (κ3) is 6.15. The summed E-state index contributed by atoms with van der Waals surface area (Å²) in [6.07, 6.45) is 5.65. The van der Waals surface area contributed by atoms with Crippen molar-refractivity contribution >= 4 is 34.1 Å². The third-order valence-corrected chi connectivity index (χ3v) is 6.85. The van der Waals surface area contributed by atoms with E-state index < -0.39 is 30.3 Å². The van der Waals surface area contributed by atoms with Gasteiger partial charge in [-0.25, -0.2) is 18.7 Å². The molecular weight excluding hydrogens is 490 g/mol. The number of aliphatic hydroxyl groups excluding tert-OH is 1. The Morgan fingerprint density at radius 2 is 1.92 bits per heavy atom. The van der Waals surface area contributed by atoms with Gasteiger partial charge in [0.05, 0.1) is 11.6 Å². The first-order chi connectivity index (χ1) is 17.8. The van der Waals surface area contributed by atoms with Crippen molar-refractivity contribution in [3.63, 3.8) is 0 Å². The van der Waals surface area contributed by atoms with Gasteiger partial charge < -0.3 is 15.3 Å². The van der Waals surface area contributed by atoms with Crippen LogP contribution in [0.4, 0.5) is 14.6 Å². The molecule has 2 aromatic heterocycles. The molecule has 0 aliphatic heterocycles. The van der Waals surface area contributed by atoms with Crippen LogP contribution < -0.4 is 5.32 Å². The van der Waals surface area contributed by atoms with Crippen LogP contribution in [0, 0.1) is 5.92 Å². The molecule has 2 N–H and O–H groups in total. The van der Waals surface area contributed by atoms with E-state index in [0.717, 1.165) is 28.7 Å². The van der Waals surface area contributed by atoms with Crippen LogP contribution >= 0.6 is 0 Å². The number of halogens is 2. The lowest BCUT2D eigenvalue weighted by molar-refractivity contribution is -0.119. The summed E-state index contributed by atoms with van der Waals surface area (Å²) in [6.45, 7) is 9.77. The number of rotatable bonds is 9. The zero-order chi connectivity index (χ0) is 28.4. The number of amides is 2. The monoisotopic (exact) mass is 526 g/mol. The highest BCUT2D eigenvalue weighted by molar-refractivity contribution is 6.02. The number of nitrogens with one attached hydrogen (secondary N) is 1. The van der Waals surface area contributed by atoms with Gasteiger partial charge >= 0.3 is 0 Å². The maximum absolute atomic E-state index is 13.3. The SMILES string of the molecule is C\C=C(/C(C)=C\C(=C(/C)CC)C(O)CC)c1cc2cnc(NC(=O)C3CC3(F)F)cc2nc1C(=O)N(C)C. The minimum Gasteiger partial charge on any atom is -0.388 e. The van der Waals surface area contributed by atoms with E-state index in [1.54, 1.807) is 14.1 Å². The summed E-state index contributed by atoms with van der Waals surface area (Å²) < 4.78 is 26.6. The Labute approximate surface area is 222 Å². The molecule has 0 aromatic carbocycles. The van der Waals surface area contributed by atoms with Crippen molar-refractivity contribution in [1.29, 1.82) is 0 Å². The summed E-state index contributed by atoms with van der Waals surface area (Å²) in [6, 6.07) is 3.29. The number of anilines is 1. The molecule has 0 saturated heterocycles. The van der Waals surface area contributed by atoms with Gasteiger partial charge in [0, 0.05) is 43.7 Å². The van der Waals surface area contributed by atoms with Crippen LogP contribution in [-0.4, -0.2) is 57.9 Å². The Kier molecular flexibility index (Phi) is 8.82. The van der Waals surface area contributed by atoms with Crippen molar-refractivity contribution in [2.45, 2.75) is 65.9 Å². The zero-order valence-electron chi connectivity index (χ0n) is 23.0. The van der Waals surface area contributed by atoms with Crippen molar-refractivity contribution in [2.75, 3.05) is 19.4 Å². The molecule has 7 nitrogen and oxygen atoms in total. The van der Waals surface area contributed by atoms with Gasteiger partial charge in [-0.15, -0.1) is 0 Å².